The van der Waals surface area contributed by atoms with E-state index in [1.165, 1.54) is 12.3 Å². The van der Waals surface area contributed by atoms with E-state index in [-0.39, 0.29) is 22.8 Å². The highest BCUT2D eigenvalue weighted by Gasteiger charge is 2.20. The number of carboxylic acid groups (broad SMARTS) is 1. The number of furan rings is 1. The number of halogens is 1. The van der Waals surface area contributed by atoms with E-state index >= 15 is 0 Å². The minimum Gasteiger partial charge on any atom is -0.478 e. The molecule has 0 aliphatic heterocycles. The van der Waals surface area contributed by atoms with E-state index in [1.807, 2.05) is 0 Å². The Hall–Kier alpha value is -2.25. The highest BCUT2D eigenvalue weighted by Crippen LogP contribution is 2.28. The van der Waals surface area contributed by atoms with Crippen LogP contribution in [0.5, 0.6) is 0 Å². The molecule has 0 saturated heterocycles. The standard InChI is InChI=1S/C12H11ClN2O5S.2C2H5NS/c13-9-5-10(15-6-7-2-1-3-20-7)8(12(16)17)4-11(9)21(14,18)19;2*1-2(3)4/h1-5,15H,6H2,(H,16,17)(H2,14,18,19);2*1H3,(H2,3,4). The maximum atomic E-state index is 11.3. The molecule has 2 rings (SSSR count). The van der Waals surface area contributed by atoms with Crippen LogP contribution in [0.4, 0.5) is 5.69 Å². The molecule has 1 aromatic heterocycles. The van der Waals surface area contributed by atoms with E-state index in [1.54, 1.807) is 26.0 Å². The summed E-state index contributed by atoms with van der Waals surface area (Å²) < 4.78 is 27.8. The molecule has 0 bridgehead atoms. The molecule has 0 aliphatic carbocycles. The van der Waals surface area contributed by atoms with Crippen molar-refractivity contribution in [1.82, 2.24) is 0 Å². The summed E-state index contributed by atoms with van der Waals surface area (Å²) in [6.07, 6.45) is 1.48. The first-order valence-corrected chi connectivity index (χ1v) is 10.4. The fourth-order valence-electron chi connectivity index (χ4n) is 1.69. The Labute approximate surface area is 184 Å². The van der Waals surface area contributed by atoms with Gasteiger partial charge in [0.2, 0.25) is 10.0 Å². The maximum absolute atomic E-state index is 11.3. The van der Waals surface area contributed by atoms with Crippen LogP contribution in [0.2, 0.25) is 5.02 Å². The number of nitrogens with one attached hydrogen (secondary N) is 1. The van der Waals surface area contributed by atoms with E-state index in [2.05, 4.69) is 29.8 Å². The highest BCUT2D eigenvalue weighted by atomic mass is 35.5. The normalized spacial score (nSPS) is 9.93. The van der Waals surface area contributed by atoms with Crippen LogP contribution in [0.3, 0.4) is 0 Å². The predicted molar refractivity (Wildman–Crippen MR) is 121 cm³/mol. The second-order valence-corrected chi connectivity index (χ2v) is 8.56. The Morgan fingerprint density at radius 1 is 1.24 bits per heavy atom. The van der Waals surface area contributed by atoms with Gasteiger partial charge in [-0.25, -0.2) is 18.4 Å². The molecule has 1 aromatic carbocycles. The van der Waals surface area contributed by atoms with Gasteiger partial charge in [-0.05, 0) is 38.1 Å². The number of nitrogens with two attached hydrogens (primary N) is 3. The number of aromatic carboxylic acids is 1. The Morgan fingerprint density at radius 3 is 2.14 bits per heavy atom. The van der Waals surface area contributed by atoms with E-state index in [0.717, 1.165) is 6.07 Å². The third kappa shape index (κ3) is 11.4. The number of carboxylic acids is 1. The van der Waals surface area contributed by atoms with E-state index in [4.69, 9.17) is 37.7 Å². The maximum Gasteiger partial charge on any atom is 0.337 e. The van der Waals surface area contributed by atoms with Gasteiger partial charge in [-0.15, -0.1) is 0 Å². The van der Waals surface area contributed by atoms with Gasteiger partial charge in [0.25, 0.3) is 0 Å². The van der Waals surface area contributed by atoms with Crippen LogP contribution in [-0.4, -0.2) is 29.5 Å². The molecule has 29 heavy (non-hydrogen) atoms. The number of carbonyl (C=O) groups is 1. The second kappa shape index (κ2) is 12.3. The Kier molecular flexibility index (Phi) is 11.4. The van der Waals surface area contributed by atoms with Gasteiger partial charge in [0.05, 0.1) is 39.1 Å². The molecule has 1 heterocycles. The first-order valence-electron chi connectivity index (χ1n) is 7.63. The number of benzene rings is 1. The highest BCUT2D eigenvalue weighted by molar-refractivity contribution is 7.89. The van der Waals surface area contributed by atoms with Crippen molar-refractivity contribution in [2.45, 2.75) is 25.3 Å². The zero-order valence-corrected chi connectivity index (χ0v) is 18.7. The Balaban J connectivity index is 0.000000837. The quantitative estimate of drug-likeness (QED) is 0.399. The van der Waals surface area contributed by atoms with Crippen molar-refractivity contribution in [3.63, 3.8) is 0 Å². The van der Waals surface area contributed by atoms with Crippen molar-refractivity contribution in [1.29, 1.82) is 0 Å². The topological polar surface area (TPSA) is 175 Å². The van der Waals surface area contributed by atoms with Gasteiger partial charge < -0.3 is 26.3 Å². The van der Waals surface area contributed by atoms with Crippen LogP contribution in [0.15, 0.2) is 39.8 Å². The predicted octanol–water partition coefficient (Wildman–Crippen LogP) is 2.48. The van der Waals surface area contributed by atoms with Gasteiger partial charge in [0, 0.05) is 0 Å². The van der Waals surface area contributed by atoms with Crippen LogP contribution in [0.25, 0.3) is 0 Å². The van der Waals surface area contributed by atoms with Crippen LogP contribution in [0, 0.1) is 0 Å². The van der Waals surface area contributed by atoms with Crippen LogP contribution >= 0.6 is 36.0 Å². The summed E-state index contributed by atoms with van der Waals surface area (Å²) >= 11 is 14.5. The molecule has 13 heteroatoms. The lowest BCUT2D eigenvalue weighted by Gasteiger charge is -2.11. The first-order chi connectivity index (χ1) is 13.3. The van der Waals surface area contributed by atoms with Crippen molar-refractivity contribution >= 4 is 67.7 Å². The van der Waals surface area contributed by atoms with E-state index in [0.29, 0.717) is 15.7 Å². The molecule has 2 aromatic rings. The molecule has 0 spiro atoms. The zero-order valence-electron chi connectivity index (χ0n) is 15.5. The van der Waals surface area contributed by atoms with Crippen molar-refractivity contribution in [3.8, 4) is 0 Å². The van der Waals surface area contributed by atoms with Gasteiger partial charge in [-0.2, -0.15) is 0 Å². The summed E-state index contributed by atoms with van der Waals surface area (Å²) in [5, 5.41) is 16.8. The molecule has 0 fully saturated rings. The molecule has 160 valence electrons. The molecular weight excluding hydrogens is 460 g/mol. The average molecular weight is 481 g/mol. The minimum absolute atomic E-state index is 0.163. The summed E-state index contributed by atoms with van der Waals surface area (Å²) in [6.45, 7) is 3.57. The lowest BCUT2D eigenvalue weighted by Crippen LogP contribution is -2.15. The van der Waals surface area contributed by atoms with Crippen molar-refractivity contribution in [2.24, 2.45) is 16.6 Å². The number of rotatable bonds is 5. The number of hydrogen-bond donors (Lipinski definition) is 5. The summed E-state index contributed by atoms with van der Waals surface area (Å²) in [7, 11) is -4.11. The first kappa shape index (κ1) is 26.8. The summed E-state index contributed by atoms with van der Waals surface area (Å²) in [4.78, 5) is 11.8. The van der Waals surface area contributed by atoms with Crippen LogP contribution < -0.4 is 21.9 Å². The third-order valence-electron chi connectivity index (χ3n) is 2.64. The summed E-state index contributed by atoms with van der Waals surface area (Å²) in [5.74, 6) is -0.725. The molecule has 0 amide bonds. The lowest BCUT2D eigenvalue weighted by atomic mass is 10.1. The van der Waals surface area contributed by atoms with Gasteiger partial charge in [0.15, 0.2) is 0 Å². The Bertz CT molecular complexity index is 943. The van der Waals surface area contributed by atoms with Gasteiger partial charge in [-0.3, -0.25) is 0 Å². The minimum atomic E-state index is -4.11. The number of primary sulfonamides is 1. The van der Waals surface area contributed by atoms with Gasteiger partial charge in [-0.1, -0.05) is 36.0 Å². The smallest absolute Gasteiger partial charge is 0.337 e. The van der Waals surface area contributed by atoms with Gasteiger partial charge in [0.1, 0.15) is 10.7 Å². The SMILES string of the molecule is CC(N)=S.CC(N)=S.NS(=O)(=O)c1cc(C(=O)O)c(NCc2ccco2)cc1Cl. The fraction of sp³-hybridized carbons (Fsp3) is 0.188. The molecule has 0 atom stereocenters. The van der Waals surface area contributed by atoms with E-state index in [9.17, 15) is 13.2 Å². The summed E-state index contributed by atoms with van der Waals surface area (Å²) in [6, 6.07) is 5.51. The van der Waals surface area contributed by atoms with Crippen molar-refractivity contribution in [3.05, 3.63) is 46.9 Å². The second-order valence-electron chi connectivity index (χ2n) is 5.33. The van der Waals surface area contributed by atoms with Crippen LogP contribution in [-0.2, 0) is 16.6 Å². The number of hydrogen-bond acceptors (Lipinski definition) is 7. The average Bonchev–Trinajstić information content (AvgIpc) is 3.03. The molecule has 9 nitrogen and oxygen atoms in total. The number of anilines is 1. The van der Waals surface area contributed by atoms with Crippen molar-refractivity contribution < 1.29 is 22.7 Å². The molecule has 0 unspecified atom stereocenters. The van der Waals surface area contributed by atoms with Crippen molar-refractivity contribution in [2.75, 3.05) is 5.32 Å². The number of sulfonamides is 1. The third-order valence-corrected chi connectivity index (χ3v) is 4.02. The number of thiocarbonyl (C=S) groups is 2. The summed E-state index contributed by atoms with van der Waals surface area (Å²) in [5.41, 5.74) is 9.59. The fourth-order valence-corrected chi connectivity index (χ4v) is 2.79. The molecule has 0 saturated carbocycles. The van der Waals surface area contributed by atoms with Gasteiger partial charge >= 0.3 is 5.97 Å². The lowest BCUT2D eigenvalue weighted by molar-refractivity contribution is 0.0697. The van der Waals surface area contributed by atoms with E-state index < -0.39 is 20.9 Å². The molecule has 0 radical (unpaired) electrons. The molecular formula is C16H21ClN4O5S3. The Morgan fingerprint density at radius 2 is 1.76 bits per heavy atom. The monoisotopic (exact) mass is 480 g/mol. The molecule has 8 N–H and O–H groups in total. The van der Waals surface area contributed by atoms with Crippen LogP contribution in [0.1, 0.15) is 30.0 Å². The molecule has 0 aliphatic rings. The largest absolute Gasteiger partial charge is 0.478 e. The zero-order chi connectivity index (χ0) is 22.8.